The van der Waals surface area contributed by atoms with Gasteiger partial charge in [0.2, 0.25) is 0 Å². The fourth-order valence-corrected chi connectivity index (χ4v) is 2.82. The predicted octanol–water partition coefficient (Wildman–Crippen LogP) is 1.49. The van der Waals surface area contributed by atoms with Crippen LogP contribution in [0.15, 0.2) is 18.2 Å². The lowest BCUT2D eigenvalue weighted by Crippen LogP contribution is -2.33. The van der Waals surface area contributed by atoms with Crippen molar-refractivity contribution >= 4 is 17.7 Å². The van der Waals surface area contributed by atoms with Crippen molar-refractivity contribution < 1.29 is 14.3 Å². The van der Waals surface area contributed by atoms with Gasteiger partial charge in [0.1, 0.15) is 17.9 Å². The molecule has 88 valence electrons. The summed E-state index contributed by atoms with van der Waals surface area (Å²) in [5.74, 6) is -1.00. The average molecular weight is 252 g/mol. The molecule has 0 saturated carbocycles. The lowest BCUT2D eigenvalue weighted by Gasteiger charge is -2.11. The second-order valence-corrected chi connectivity index (χ2v) is 4.76. The van der Waals surface area contributed by atoms with Crippen LogP contribution in [0.2, 0.25) is 0 Å². The summed E-state index contributed by atoms with van der Waals surface area (Å²) in [4.78, 5) is 10.8. The molecule has 0 spiro atoms. The molecule has 2 N–H and O–H groups in total. The maximum Gasteiger partial charge on any atom is 0.321 e. The average Bonchev–Trinajstić information content (AvgIpc) is 2.79. The lowest BCUT2D eigenvalue weighted by molar-refractivity contribution is -0.138. The third kappa shape index (κ3) is 2.40. The third-order valence-corrected chi connectivity index (χ3v) is 3.76. The smallest absolute Gasteiger partial charge is 0.321 e. The van der Waals surface area contributed by atoms with Crippen molar-refractivity contribution in [2.24, 2.45) is 0 Å². The highest BCUT2D eigenvalue weighted by Gasteiger charge is 2.30. The molecule has 1 saturated heterocycles. The molecule has 1 heterocycles. The number of nitriles is 1. The number of nitrogens with zero attached hydrogens (tertiary/aromatic N) is 1. The first-order valence-electron chi connectivity index (χ1n) is 4.92. The fraction of sp³-hybridized carbons (Fsp3) is 0.273. The summed E-state index contributed by atoms with van der Waals surface area (Å²) in [6, 6.07) is 5.40. The van der Waals surface area contributed by atoms with Gasteiger partial charge in [-0.15, -0.1) is 11.8 Å². The summed E-state index contributed by atoms with van der Waals surface area (Å²) in [6.45, 7) is 0. The Morgan fingerprint density at radius 3 is 3.00 bits per heavy atom. The highest BCUT2D eigenvalue weighted by Crippen LogP contribution is 2.33. The molecular weight excluding hydrogens is 243 g/mol. The van der Waals surface area contributed by atoms with Gasteiger partial charge >= 0.3 is 5.97 Å². The summed E-state index contributed by atoms with van der Waals surface area (Å²) in [6.07, 6.45) is 0. The summed E-state index contributed by atoms with van der Waals surface area (Å²) in [5.41, 5.74) is 0.695. The molecule has 0 radical (unpaired) electrons. The molecule has 6 heteroatoms. The number of carboxylic acid groups (broad SMARTS) is 1. The maximum atomic E-state index is 13.1. The van der Waals surface area contributed by atoms with Crippen LogP contribution in [-0.2, 0) is 4.79 Å². The molecule has 0 bridgehead atoms. The first kappa shape index (κ1) is 11.9. The highest BCUT2D eigenvalue weighted by molar-refractivity contribution is 7.99. The highest BCUT2D eigenvalue weighted by atomic mass is 32.2. The minimum atomic E-state index is -0.900. The van der Waals surface area contributed by atoms with Gasteiger partial charge < -0.3 is 5.11 Å². The van der Waals surface area contributed by atoms with E-state index in [-0.39, 0.29) is 10.9 Å². The van der Waals surface area contributed by atoms with Crippen LogP contribution in [0.5, 0.6) is 0 Å². The van der Waals surface area contributed by atoms with Crippen molar-refractivity contribution in [3.63, 3.8) is 0 Å². The first-order chi connectivity index (χ1) is 8.11. The summed E-state index contributed by atoms with van der Waals surface area (Å²) in [7, 11) is 0. The molecule has 2 rings (SSSR count). The van der Waals surface area contributed by atoms with E-state index in [1.54, 1.807) is 12.1 Å². The number of rotatable bonds is 2. The maximum absolute atomic E-state index is 13.1. The number of hydrogen-bond donors (Lipinski definition) is 2. The molecule has 2 atom stereocenters. The Hall–Kier alpha value is -1.58. The molecular formula is C11H9FN2O2S. The Morgan fingerprint density at radius 2 is 2.41 bits per heavy atom. The van der Waals surface area contributed by atoms with E-state index >= 15 is 0 Å². The number of halogens is 1. The van der Waals surface area contributed by atoms with E-state index in [4.69, 9.17) is 10.4 Å². The predicted molar refractivity (Wildman–Crippen MR) is 60.9 cm³/mol. The normalized spacial score (nSPS) is 23.3. The second kappa shape index (κ2) is 4.73. The van der Waals surface area contributed by atoms with Gasteiger partial charge in [0.15, 0.2) is 0 Å². The topological polar surface area (TPSA) is 73.1 Å². The SMILES string of the molecule is N#Cc1cc(C2N[C@@H](C(=O)O)CS2)ccc1F. The fourth-order valence-electron chi connectivity index (χ4n) is 1.60. The van der Waals surface area contributed by atoms with Gasteiger partial charge in [0, 0.05) is 5.75 Å². The number of hydrogen-bond acceptors (Lipinski definition) is 4. The minimum absolute atomic E-state index is 0.0244. The zero-order valence-electron chi connectivity index (χ0n) is 8.68. The molecule has 0 amide bonds. The van der Waals surface area contributed by atoms with Crippen LogP contribution in [0.3, 0.4) is 0 Å². The van der Waals surface area contributed by atoms with Crippen molar-refractivity contribution in [1.29, 1.82) is 5.26 Å². The van der Waals surface area contributed by atoms with Crippen molar-refractivity contribution in [3.05, 3.63) is 35.1 Å². The zero-order valence-corrected chi connectivity index (χ0v) is 9.50. The van der Waals surface area contributed by atoms with E-state index in [1.807, 2.05) is 0 Å². The van der Waals surface area contributed by atoms with Crippen molar-refractivity contribution in [2.45, 2.75) is 11.4 Å². The second-order valence-electron chi connectivity index (χ2n) is 3.62. The van der Waals surface area contributed by atoms with Gasteiger partial charge in [0.25, 0.3) is 0 Å². The van der Waals surface area contributed by atoms with Crippen LogP contribution in [0.4, 0.5) is 4.39 Å². The number of carbonyl (C=O) groups is 1. The van der Waals surface area contributed by atoms with Gasteiger partial charge in [0.05, 0.1) is 10.9 Å². The van der Waals surface area contributed by atoms with Crippen LogP contribution < -0.4 is 5.32 Å². The molecule has 1 fully saturated rings. The number of aliphatic carboxylic acids is 1. The van der Waals surface area contributed by atoms with Crippen LogP contribution in [0, 0.1) is 17.1 Å². The summed E-state index contributed by atoms with van der Waals surface area (Å²) >= 11 is 1.43. The van der Waals surface area contributed by atoms with Crippen molar-refractivity contribution in [2.75, 3.05) is 5.75 Å². The van der Waals surface area contributed by atoms with E-state index in [0.717, 1.165) is 5.56 Å². The number of nitrogens with one attached hydrogen (secondary N) is 1. The van der Waals surface area contributed by atoms with Gasteiger partial charge in [-0.1, -0.05) is 6.07 Å². The minimum Gasteiger partial charge on any atom is -0.480 e. The molecule has 0 aromatic heterocycles. The number of benzene rings is 1. The van der Waals surface area contributed by atoms with Crippen LogP contribution in [0.1, 0.15) is 16.5 Å². The van der Waals surface area contributed by atoms with E-state index in [2.05, 4.69) is 5.32 Å². The van der Waals surface area contributed by atoms with Gasteiger partial charge in [-0.05, 0) is 17.7 Å². The molecule has 17 heavy (non-hydrogen) atoms. The van der Waals surface area contributed by atoms with Crippen molar-refractivity contribution in [3.8, 4) is 6.07 Å². The largest absolute Gasteiger partial charge is 0.480 e. The third-order valence-electron chi connectivity index (χ3n) is 2.49. The zero-order chi connectivity index (χ0) is 12.4. The number of carboxylic acids is 1. The quantitative estimate of drug-likeness (QED) is 0.834. The van der Waals surface area contributed by atoms with Crippen LogP contribution in [-0.4, -0.2) is 22.9 Å². The number of thioether (sulfide) groups is 1. The molecule has 0 aliphatic carbocycles. The summed E-state index contributed by atoms with van der Waals surface area (Å²) in [5, 5.41) is 20.3. The molecule has 1 unspecified atom stereocenters. The Bertz CT molecular complexity index is 501. The van der Waals surface area contributed by atoms with Gasteiger partial charge in [-0.25, -0.2) is 4.39 Å². The molecule has 1 aromatic carbocycles. The van der Waals surface area contributed by atoms with Gasteiger partial charge in [-0.3, -0.25) is 10.1 Å². The molecule has 1 aliphatic heterocycles. The van der Waals surface area contributed by atoms with E-state index in [9.17, 15) is 9.18 Å². The van der Waals surface area contributed by atoms with Crippen LogP contribution >= 0.6 is 11.8 Å². The Labute approximate surface area is 101 Å². The molecule has 4 nitrogen and oxygen atoms in total. The van der Waals surface area contributed by atoms with Gasteiger partial charge in [-0.2, -0.15) is 5.26 Å². The Balaban J connectivity index is 2.20. The van der Waals surface area contributed by atoms with E-state index in [0.29, 0.717) is 5.75 Å². The monoisotopic (exact) mass is 252 g/mol. The van der Waals surface area contributed by atoms with Crippen LogP contribution in [0.25, 0.3) is 0 Å². The Morgan fingerprint density at radius 1 is 1.65 bits per heavy atom. The first-order valence-corrected chi connectivity index (χ1v) is 5.96. The Kier molecular flexibility index (Phi) is 3.31. The standard InChI is InChI=1S/C11H9FN2O2S/c12-8-2-1-6(3-7(8)4-13)10-14-9(5-17-10)11(15)16/h1-3,9-10,14H,5H2,(H,15,16)/t9-,10?/m1/s1. The lowest BCUT2D eigenvalue weighted by atomic mass is 10.1. The van der Waals surface area contributed by atoms with Crippen molar-refractivity contribution in [1.82, 2.24) is 5.32 Å². The molecule has 1 aliphatic rings. The molecule has 1 aromatic rings. The van der Waals surface area contributed by atoms with E-state index < -0.39 is 17.8 Å². The summed E-state index contributed by atoms with van der Waals surface area (Å²) < 4.78 is 13.1. The van der Waals surface area contributed by atoms with E-state index in [1.165, 1.54) is 23.9 Å².